The maximum atomic E-state index is 7.20. The summed E-state index contributed by atoms with van der Waals surface area (Å²) in [5.74, 6) is -0.108. The first kappa shape index (κ1) is 24.4. The first-order valence-corrected chi connectivity index (χ1v) is 14.2. The van der Waals surface area contributed by atoms with Crippen LogP contribution in [0.25, 0.3) is 0 Å². The topological polar surface area (TPSA) is 27.7 Å². The van der Waals surface area contributed by atoms with E-state index in [0.29, 0.717) is 6.61 Å². The molecule has 4 rings (SSSR count). The van der Waals surface area contributed by atoms with E-state index >= 15 is 0 Å². The average Bonchev–Trinajstić information content (AvgIpc) is 3.23. The van der Waals surface area contributed by atoms with Crippen LogP contribution in [0.2, 0.25) is 5.04 Å². The minimum atomic E-state index is -2.62. The molecule has 0 aromatic heterocycles. The molecule has 33 heavy (non-hydrogen) atoms. The minimum Gasteiger partial charge on any atom is -0.405 e. The molecule has 0 saturated carbocycles. The summed E-state index contributed by atoms with van der Waals surface area (Å²) in [5, 5.41) is 2.52. The molecule has 3 nitrogen and oxygen atoms in total. The Hall–Kier alpha value is -1.72. The maximum Gasteiger partial charge on any atom is 0.261 e. The third kappa shape index (κ3) is 4.27. The molecular formula is C29H40O3Si. The molecule has 0 unspecified atom stereocenters. The van der Waals surface area contributed by atoms with Crippen LogP contribution in [0.15, 0.2) is 73.3 Å². The van der Waals surface area contributed by atoms with Crippen LogP contribution in [0.4, 0.5) is 0 Å². The second-order valence-electron chi connectivity index (χ2n) is 11.4. The van der Waals surface area contributed by atoms with Crippen molar-refractivity contribution in [3.8, 4) is 0 Å². The number of ether oxygens (including phenoxy) is 2. The Labute approximate surface area is 201 Å². The zero-order valence-electron chi connectivity index (χ0n) is 21.1. The van der Waals surface area contributed by atoms with Crippen LogP contribution >= 0.6 is 0 Å². The summed E-state index contributed by atoms with van der Waals surface area (Å²) in [6, 6.07) is 21.6. The van der Waals surface area contributed by atoms with Gasteiger partial charge in [-0.05, 0) is 35.7 Å². The fourth-order valence-electron chi connectivity index (χ4n) is 5.98. The minimum absolute atomic E-state index is 0.0624. The van der Waals surface area contributed by atoms with E-state index < -0.39 is 14.1 Å². The summed E-state index contributed by atoms with van der Waals surface area (Å²) >= 11 is 0. The van der Waals surface area contributed by atoms with Crippen LogP contribution in [0.1, 0.15) is 54.4 Å². The molecule has 4 atom stereocenters. The van der Waals surface area contributed by atoms with E-state index in [0.717, 1.165) is 12.8 Å². The Morgan fingerprint density at radius 2 is 1.55 bits per heavy atom. The van der Waals surface area contributed by atoms with Gasteiger partial charge in [-0.1, -0.05) is 94.4 Å². The van der Waals surface area contributed by atoms with Gasteiger partial charge in [0.25, 0.3) is 8.32 Å². The van der Waals surface area contributed by atoms with E-state index in [1.165, 1.54) is 10.4 Å². The van der Waals surface area contributed by atoms with E-state index in [1.54, 1.807) is 0 Å². The molecule has 2 saturated heterocycles. The van der Waals surface area contributed by atoms with Crippen molar-refractivity contribution >= 4 is 18.7 Å². The van der Waals surface area contributed by atoms with Crippen molar-refractivity contribution in [1.82, 2.24) is 0 Å². The highest BCUT2D eigenvalue weighted by Gasteiger charge is 2.59. The fourth-order valence-corrected chi connectivity index (χ4v) is 10.5. The van der Waals surface area contributed by atoms with Gasteiger partial charge in [-0.25, -0.2) is 0 Å². The second kappa shape index (κ2) is 8.81. The Balaban J connectivity index is 1.70. The lowest BCUT2D eigenvalue weighted by Gasteiger charge is -2.43. The van der Waals surface area contributed by atoms with Crippen molar-refractivity contribution in [1.29, 1.82) is 0 Å². The van der Waals surface area contributed by atoms with E-state index in [1.807, 2.05) is 6.08 Å². The Morgan fingerprint density at radius 1 is 1.00 bits per heavy atom. The lowest BCUT2D eigenvalue weighted by atomic mass is 9.85. The SMILES string of the molecule is C=C[C@@H]1[C@H](CO[Si](c2ccccc2)(c2ccccc2)C(C)(C)C)O[C@]2(CCC(C)(C)O2)[C@@H]1C. The predicted molar refractivity (Wildman–Crippen MR) is 138 cm³/mol. The Kier molecular flexibility index (Phi) is 6.51. The van der Waals surface area contributed by atoms with Crippen molar-refractivity contribution in [2.45, 2.75) is 76.9 Å². The van der Waals surface area contributed by atoms with Crippen LogP contribution < -0.4 is 10.4 Å². The van der Waals surface area contributed by atoms with E-state index in [2.05, 4.69) is 109 Å². The van der Waals surface area contributed by atoms with Gasteiger partial charge in [-0.2, -0.15) is 0 Å². The lowest BCUT2D eigenvalue weighted by Crippen LogP contribution is -2.67. The van der Waals surface area contributed by atoms with Gasteiger partial charge in [0.05, 0.1) is 18.3 Å². The standard InChI is InChI=1S/C29H40O3Si/c1-8-25-22(2)29(20-19-28(6,7)32-29)31-26(25)21-30-33(27(3,4)5,23-15-11-9-12-16-23)24-17-13-10-14-18-24/h8-18,22,25-26H,1,19-21H2,2-7H3/t22-,25+,26+,29+/m1/s1. The monoisotopic (exact) mass is 464 g/mol. The Morgan fingerprint density at radius 3 is 1.97 bits per heavy atom. The van der Waals surface area contributed by atoms with Crippen molar-refractivity contribution in [2.24, 2.45) is 11.8 Å². The number of rotatable bonds is 6. The average molecular weight is 465 g/mol. The van der Waals surface area contributed by atoms with E-state index in [4.69, 9.17) is 13.9 Å². The van der Waals surface area contributed by atoms with Crippen molar-refractivity contribution < 1.29 is 13.9 Å². The molecule has 2 aliphatic heterocycles. The van der Waals surface area contributed by atoms with Gasteiger partial charge >= 0.3 is 0 Å². The van der Waals surface area contributed by atoms with Crippen molar-refractivity contribution in [3.63, 3.8) is 0 Å². The number of hydrogen-bond donors (Lipinski definition) is 0. The highest BCUT2D eigenvalue weighted by atomic mass is 28.4. The largest absolute Gasteiger partial charge is 0.405 e. The second-order valence-corrected chi connectivity index (χ2v) is 15.7. The highest BCUT2D eigenvalue weighted by molar-refractivity contribution is 6.99. The van der Waals surface area contributed by atoms with E-state index in [9.17, 15) is 0 Å². The van der Waals surface area contributed by atoms with Gasteiger partial charge in [-0.15, -0.1) is 6.58 Å². The molecule has 4 heteroatoms. The Bertz CT molecular complexity index is 910. The van der Waals surface area contributed by atoms with Gasteiger partial charge < -0.3 is 13.9 Å². The van der Waals surface area contributed by atoms with Gasteiger partial charge in [0.2, 0.25) is 0 Å². The van der Waals surface area contributed by atoms with Crippen LogP contribution in [0.3, 0.4) is 0 Å². The van der Waals surface area contributed by atoms with Gasteiger partial charge in [0.15, 0.2) is 5.79 Å². The molecule has 2 aromatic rings. The normalized spacial score (nSPS) is 29.5. The molecule has 2 aromatic carbocycles. The van der Waals surface area contributed by atoms with Gasteiger partial charge in [0, 0.05) is 18.3 Å². The maximum absolute atomic E-state index is 7.20. The highest BCUT2D eigenvalue weighted by Crippen LogP contribution is 2.52. The molecule has 0 bridgehead atoms. The molecule has 0 radical (unpaired) electrons. The lowest BCUT2D eigenvalue weighted by molar-refractivity contribution is -0.252. The smallest absolute Gasteiger partial charge is 0.261 e. The van der Waals surface area contributed by atoms with E-state index in [-0.39, 0.29) is 28.6 Å². The number of hydrogen-bond acceptors (Lipinski definition) is 3. The van der Waals surface area contributed by atoms with Crippen LogP contribution in [-0.4, -0.2) is 32.4 Å². The third-order valence-electron chi connectivity index (χ3n) is 7.73. The summed E-state index contributed by atoms with van der Waals surface area (Å²) in [6.07, 6.45) is 3.89. The fraction of sp³-hybridized carbons (Fsp3) is 0.517. The molecule has 2 aliphatic rings. The summed E-state index contributed by atoms with van der Waals surface area (Å²) in [7, 11) is -2.62. The molecule has 1 spiro atoms. The zero-order valence-corrected chi connectivity index (χ0v) is 22.1. The first-order valence-electron chi connectivity index (χ1n) is 12.3. The van der Waals surface area contributed by atoms with Crippen molar-refractivity contribution in [2.75, 3.05) is 6.61 Å². The third-order valence-corrected chi connectivity index (χ3v) is 12.7. The molecule has 2 heterocycles. The molecule has 0 aliphatic carbocycles. The quantitative estimate of drug-likeness (QED) is 0.406. The summed E-state index contributed by atoms with van der Waals surface area (Å²) < 4.78 is 20.5. The van der Waals surface area contributed by atoms with Crippen LogP contribution in [0, 0.1) is 11.8 Å². The summed E-state index contributed by atoms with van der Waals surface area (Å²) in [6.45, 7) is 18.2. The van der Waals surface area contributed by atoms with Crippen LogP contribution in [0.5, 0.6) is 0 Å². The molecule has 0 amide bonds. The molecule has 2 fully saturated rings. The summed E-state index contributed by atoms with van der Waals surface area (Å²) in [5.41, 5.74) is -0.159. The van der Waals surface area contributed by atoms with Crippen molar-refractivity contribution in [3.05, 3.63) is 73.3 Å². The summed E-state index contributed by atoms with van der Waals surface area (Å²) in [4.78, 5) is 0. The molecular weight excluding hydrogens is 424 g/mol. The molecule has 178 valence electrons. The first-order chi connectivity index (χ1) is 15.5. The molecule has 0 N–H and O–H groups in total. The van der Waals surface area contributed by atoms with Gasteiger partial charge in [0.1, 0.15) is 0 Å². The predicted octanol–water partition coefficient (Wildman–Crippen LogP) is 5.69. The van der Waals surface area contributed by atoms with Crippen LogP contribution in [-0.2, 0) is 13.9 Å². The number of benzene rings is 2. The van der Waals surface area contributed by atoms with Gasteiger partial charge in [-0.3, -0.25) is 0 Å². The zero-order chi connectivity index (χ0) is 23.9.